The van der Waals surface area contributed by atoms with Crippen LogP contribution in [0, 0.1) is 5.92 Å². The van der Waals surface area contributed by atoms with Gasteiger partial charge in [-0.3, -0.25) is 47.9 Å². The van der Waals surface area contributed by atoms with Gasteiger partial charge in [-0.2, -0.15) is 0 Å². The minimum atomic E-state index is -1.65. The maximum Gasteiger partial charge on any atom is 0.245 e. The van der Waals surface area contributed by atoms with E-state index in [9.17, 15) is 58.2 Å². The summed E-state index contributed by atoms with van der Waals surface area (Å²) >= 11 is 0. The van der Waals surface area contributed by atoms with Crippen LogP contribution in [0.2, 0.25) is 0 Å². The minimum absolute atomic E-state index is 0.000802. The number of nitrogens with one attached hydrogen (secondary N) is 5. The van der Waals surface area contributed by atoms with E-state index in [4.69, 9.17) is 17.2 Å². The number of carbonyl (C=O) groups is 10. The summed E-state index contributed by atoms with van der Waals surface area (Å²) in [5.74, 6) is -10.3. The maximum absolute atomic E-state index is 14.2. The summed E-state index contributed by atoms with van der Waals surface area (Å²) < 4.78 is 0. The Kier molecular flexibility index (Phi) is 23.0. The van der Waals surface area contributed by atoms with Gasteiger partial charge in [-0.15, -0.1) is 0 Å². The molecule has 21 nitrogen and oxygen atoms in total. The highest BCUT2D eigenvalue weighted by Crippen LogP contribution is 2.24. The van der Waals surface area contributed by atoms with Crippen molar-refractivity contribution in [3.8, 4) is 5.75 Å². The SMILES string of the molecule is CCCCCCCCCCCC1NC(=O)C(CO)NC(=O)C(CC(N)=O)CC(=O)C2CCCN2C(=O)C(CCC(N)=O)NC(=O)C(CC(N)=O)NC(=O)CC(Cc2ccc(O)cc2)NC1=O. The fourth-order valence-corrected chi connectivity index (χ4v) is 8.22. The lowest BCUT2D eigenvalue weighted by Gasteiger charge is -2.30. The molecule has 2 fully saturated rings. The highest BCUT2D eigenvalue weighted by atomic mass is 16.3. The Morgan fingerprint density at radius 3 is 1.83 bits per heavy atom. The number of carbonyl (C=O) groups excluding carboxylic acids is 10. The van der Waals surface area contributed by atoms with Crippen LogP contribution < -0.4 is 43.8 Å². The first-order chi connectivity index (χ1) is 31.4. The van der Waals surface area contributed by atoms with E-state index in [1.165, 1.54) is 12.1 Å². The zero-order valence-corrected chi connectivity index (χ0v) is 37.9. The minimum Gasteiger partial charge on any atom is -0.508 e. The molecule has 0 aliphatic carbocycles. The molecule has 0 saturated carbocycles. The molecule has 66 heavy (non-hydrogen) atoms. The van der Waals surface area contributed by atoms with Gasteiger partial charge in [0.1, 0.15) is 29.9 Å². The second-order valence-corrected chi connectivity index (χ2v) is 17.3. The topological polar surface area (TPSA) is 353 Å². The number of Topliss-reactive ketones (excluding diaryl/α,β-unsaturated/α-hetero) is 1. The molecule has 2 aliphatic heterocycles. The van der Waals surface area contributed by atoms with Crippen LogP contribution in [0.4, 0.5) is 0 Å². The van der Waals surface area contributed by atoms with E-state index >= 15 is 0 Å². The Balaban J connectivity index is 2.06. The third-order valence-corrected chi connectivity index (χ3v) is 11.8. The largest absolute Gasteiger partial charge is 0.508 e. The molecule has 1 aromatic rings. The highest BCUT2D eigenvalue weighted by Gasteiger charge is 2.40. The number of phenols is 1. The normalized spacial score (nSPS) is 24.1. The van der Waals surface area contributed by atoms with E-state index in [1.54, 1.807) is 12.1 Å². The van der Waals surface area contributed by atoms with Gasteiger partial charge in [0, 0.05) is 38.3 Å². The van der Waals surface area contributed by atoms with Crippen LogP contribution in [-0.4, -0.2) is 123 Å². The lowest BCUT2D eigenvalue weighted by molar-refractivity contribution is -0.143. The number of aromatic hydroxyl groups is 1. The summed E-state index contributed by atoms with van der Waals surface area (Å²) in [6.07, 6.45) is 5.98. The van der Waals surface area contributed by atoms with E-state index in [0.717, 1.165) is 49.8 Å². The molecular formula is C45H69N9O12. The van der Waals surface area contributed by atoms with Gasteiger partial charge in [0.2, 0.25) is 53.2 Å². The van der Waals surface area contributed by atoms with E-state index in [2.05, 4.69) is 33.5 Å². The van der Waals surface area contributed by atoms with Crippen LogP contribution in [0.1, 0.15) is 128 Å². The first-order valence-electron chi connectivity index (χ1n) is 23.0. The Labute approximate surface area is 384 Å². The molecule has 7 unspecified atom stereocenters. The van der Waals surface area contributed by atoms with Crippen molar-refractivity contribution in [2.45, 2.75) is 165 Å². The molecule has 3 rings (SSSR count). The predicted octanol–water partition coefficient (Wildman–Crippen LogP) is -0.742. The monoisotopic (exact) mass is 928 g/mol. The zero-order valence-electron chi connectivity index (χ0n) is 37.9. The summed E-state index contributed by atoms with van der Waals surface area (Å²) in [4.78, 5) is 135. The first-order valence-corrected chi connectivity index (χ1v) is 23.0. The number of hydrogen-bond donors (Lipinski definition) is 10. The molecule has 2 heterocycles. The quantitative estimate of drug-likeness (QED) is 0.0723. The summed E-state index contributed by atoms with van der Waals surface area (Å²) in [6.45, 7) is 1.22. The van der Waals surface area contributed by atoms with Crippen molar-refractivity contribution in [1.29, 1.82) is 0 Å². The number of aliphatic hydroxyl groups excluding tert-OH is 1. The van der Waals surface area contributed by atoms with Gasteiger partial charge >= 0.3 is 0 Å². The number of unbranched alkanes of at least 4 members (excludes halogenated alkanes) is 8. The molecule has 2 aliphatic rings. The second kappa shape index (κ2) is 28.0. The van der Waals surface area contributed by atoms with Crippen molar-refractivity contribution >= 4 is 58.9 Å². The van der Waals surface area contributed by atoms with Gasteiger partial charge in [0.15, 0.2) is 5.78 Å². The molecule has 1 aromatic carbocycles. The molecular weight excluding hydrogens is 859 g/mol. The number of fused-ring (bicyclic) bond motifs is 1. The average Bonchev–Trinajstić information content (AvgIpc) is 3.75. The van der Waals surface area contributed by atoms with Gasteiger partial charge in [0.05, 0.1) is 25.0 Å². The van der Waals surface area contributed by atoms with Crippen molar-refractivity contribution in [2.75, 3.05) is 13.2 Å². The van der Waals surface area contributed by atoms with Crippen LogP contribution in [0.3, 0.4) is 0 Å². The third kappa shape index (κ3) is 18.8. The molecule has 9 amide bonds. The molecule has 0 bridgehead atoms. The van der Waals surface area contributed by atoms with Crippen LogP contribution in [0.5, 0.6) is 5.75 Å². The van der Waals surface area contributed by atoms with Gasteiger partial charge in [-0.25, -0.2) is 0 Å². The summed E-state index contributed by atoms with van der Waals surface area (Å²) in [5, 5.41) is 33.0. The van der Waals surface area contributed by atoms with Crippen molar-refractivity contribution < 1.29 is 58.2 Å². The van der Waals surface area contributed by atoms with Crippen LogP contribution in [0.25, 0.3) is 0 Å². The van der Waals surface area contributed by atoms with Crippen LogP contribution >= 0.6 is 0 Å². The third-order valence-electron chi connectivity index (χ3n) is 11.8. The smallest absolute Gasteiger partial charge is 0.245 e. The number of nitrogens with two attached hydrogens (primary N) is 3. The summed E-state index contributed by atoms with van der Waals surface area (Å²) in [5.41, 5.74) is 16.9. The van der Waals surface area contributed by atoms with E-state index in [-0.39, 0.29) is 38.0 Å². The standard InChI is InChI=1S/C45H69N9O12/c1-2-3-4-5-6-7-8-9-10-12-31-42(63)49-29(21-27-14-16-30(56)17-15-27)24-40(61)50-33(25-39(48)60)43(64)52-32(18-19-37(46)58)45(66)54-20-11-13-35(54)36(57)22-28(23-38(47)59)41(62)53-34(26-55)44(65)51-31/h14-17,28-29,31-35,55-56H,2-13,18-26H2,1H3,(H2,46,58)(H2,47,59)(H2,48,60)(H,49,63)(H,50,61)(H,51,65)(H,52,64)(H,53,62). The molecule has 7 atom stereocenters. The molecule has 0 aromatic heterocycles. The van der Waals surface area contributed by atoms with Crippen LogP contribution in [0.15, 0.2) is 24.3 Å². The van der Waals surface area contributed by atoms with E-state index in [0.29, 0.717) is 24.8 Å². The lowest BCUT2D eigenvalue weighted by Crippen LogP contribution is -2.58. The average molecular weight is 928 g/mol. The Morgan fingerprint density at radius 1 is 0.652 bits per heavy atom. The van der Waals surface area contributed by atoms with E-state index < -0.39 is 140 Å². The summed E-state index contributed by atoms with van der Waals surface area (Å²) in [6, 6.07) is -2.31. The van der Waals surface area contributed by atoms with E-state index in [1.807, 2.05) is 0 Å². The van der Waals surface area contributed by atoms with Crippen molar-refractivity contribution in [3.05, 3.63) is 29.8 Å². The molecule has 2 saturated heterocycles. The van der Waals surface area contributed by atoms with Gasteiger partial charge in [0.25, 0.3) is 0 Å². The highest BCUT2D eigenvalue weighted by molar-refractivity contribution is 5.99. The molecule has 21 heteroatoms. The number of rotatable bonds is 20. The lowest BCUT2D eigenvalue weighted by atomic mass is 9.93. The Morgan fingerprint density at radius 2 is 1.23 bits per heavy atom. The fourth-order valence-electron chi connectivity index (χ4n) is 8.22. The van der Waals surface area contributed by atoms with Crippen molar-refractivity contribution in [2.24, 2.45) is 23.1 Å². The van der Waals surface area contributed by atoms with Crippen LogP contribution in [-0.2, 0) is 54.4 Å². The molecule has 13 N–H and O–H groups in total. The van der Waals surface area contributed by atoms with Gasteiger partial charge < -0.3 is 58.9 Å². The predicted molar refractivity (Wildman–Crippen MR) is 239 cm³/mol. The van der Waals surface area contributed by atoms with Gasteiger partial charge in [-0.05, 0) is 49.8 Å². The number of primary amides is 3. The number of amides is 9. The van der Waals surface area contributed by atoms with Crippen molar-refractivity contribution in [3.63, 3.8) is 0 Å². The number of aliphatic hydroxyl groups is 1. The number of hydrogen-bond acceptors (Lipinski definition) is 12. The number of phenolic OH excluding ortho intramolecular Hbond substituents is 1. The molecule has 366 valence electrons. The fraction of sp³-hybridized carbons (Fsp3) is 0.644. The van der Waals surface area contributed by atoms with Gasteiger partial charge in [-0.1, -0.05) is 76.8 Å². The first kappa shape index (κ1) is 54.2. The summed E-state index contributed by atoms with van der Waals surface area (Å²) in [7, 11) is 0. The number of ketones is 1. The zero-order chi connectivity index (χ0) is 48.8. The number of nitrogens with zero attached hydrogens (tertiary/aromatic N) is 1. The number of benzene rings is 1. The molecule has 0 spiro atoms. The second-order valence-electron chi connectivity index (χ2n) is 17.3. The van der Waals surface area contributed by atoms with Crippen molar-refractivity contribution in [1.82, 2.24) is 31.5 Å². The molecule has 0 radical (unpaired) electrons. The Hall–Kier alpha value is -6.12. The maximum atomic E-state index is 14.2. The Bertz CT molecular complexity index is 1860.